The van der Waals surface area contributed by atoms with Gasteiger partial charge in [-0.1, -0.05) is 37.3 Å². The van der Waals surface area contributed by atoms with Gasteiger partial charge in [0.25, 0.3) is 5.91 Å². The normalized spacial score (nSPS) is 17.3. The van der Waals surface area contributed by atoms with E-state index in [0.717, 1.165) is 35.4 Å². The number of aromatic nitrogens is 2. The van der Waals surface area contributed by atoms with Crippen LogP contribution in [0.25, 0.3) is 10.2 Å². The van der Waals surface area contributed by atoms with Crippen molar-refractivity contribution in [2.24, 2.45) is 0 Å². The largest absolute Gasteiger partial charge is 0.376 e. The highest BCUT2D eigenvalue weighted by Crippen LogP contribution is 2.31. The summed E-state index contributed by atoms with van der Waals surface area (Å²) in [5.74, 6) is 0.221. The number of benzene rings is 1. The SMILES string of the molecule is CC(C)c1csc(C(=O)N(C[C@H]2CCCO2)c2nc3ccccc3s2)n1. The second-order valence-electron chi connectivity index (χ2n) is 6.75. The highest BCUT2D eigenvalue weighted by molar-refractivity contribution is 7.22. The summed E-state index contributed by atoms with van der Waals surface area (Å²) in [4.78, 5) is 24.2. The summed E-state index contributed by atoms with van der Waals surface area (Å²) < 4.78 is 6.85. The first-order valence-electron chi connectivity index (χ1n) is 8.86. The van der Waals surface area contributed by atoms with Gasteiger partial charge in [-0.25, -0.2) is 9.97 Å². The van der Waals surface area contributed by atoms with E-state index in [1.54, 1.807) is 16.2 Å². The fourth-order valence-corrected chi connectivity index (χ4v) is 4.88. The first-order valence-corrected chi connectivity index (χ1v) is 10.6. The number of fused-ring (bicyclic) bond motifs is 1. The lowest BCUT2D eigenvalue weighted by atomic mass is 10.2. The maximum absolute atomic E-state index is 13.2. The van der Waals surface area contributed by atoms with E-state index in [0.29, 0.717) is 22.6 Å². The Bertz CT molecular complexity index is 879. The predicted octanol–water partition coefficient (Wildman–Crippen LogP) is 4.70. The molecule has 0 aliphatic carbocycles. The Labute approximate surface area is 160 Å². The van der Waals surface area contributed by atoms with E-state index >= 15 is 0 Å². The minimum atomic E-state index is -0.0866. The van der Waals surface area contributed by atoms with Crippen molar-refractivity contribution in [3.8, 4) is 0 Å². The molecular weight excluding hydrogens is 366 g/mol. The van der Waals surface area contributed by atoms with Crippen molar-refractivity contribution in [3.05, 3.63) is 40.3 Å². The Morgan fingerprint density at radius 2 is 2.19 bits per heavy atom. The Hall–Kier alpha value is -1.83. The average Bonchev–Trinajstić information content (AvgIpc) is 3.38. The van der Waals surface area contributed by atoms with Crippen LogP contribution in [0.2, 0.25) is 0 Å². The van der Waals surface area contributed by atoms with Gasteiger partial charge >= 0.3 is 0 Å². The molecule has 3 heterocycles. The van der Waals surface area contributed by atoms with Gasteiger partial charge < -0.3 is 4.74 Å². The molecule has 1 aromatic carbocycles. The molecule has 26 heavy (non-hydrogen) atoms. The van der Waals surface area contributed by atoms with E-state index in [4.69, 9.17) is 4.74 Å². The minimum Gasteiger partial charge on any atom is -0.376 e. The molecule has 136 valence electrons. The molecular formula is C19H21N3O2S2. The van der Waals surface area contributed by atoms with Gasteiger partial charge in [-0.2, -0.15) is 0 Å². The molecule has 2 aromatic heterocycles. The van der Waals surface area contributed by atoms with Gasteiger partial charge in [-0.3, -0.25) is 9.69 Å². The predicted molar refractivity (Wildman–Crippen MR) is 106 cm³/mol. The summed E-state index contributed by atoms with van der Waals surface area (Å²) in [6, 6.07) is 7.97. The molecule has 0 saturated carbocycles. The van der Waals surface area contributed by atoms with E-state index < -0.39 is 0 Å². The molecule has 0 unspecified atom stereocenters. The Morgan fingerprint density at radius 1 is 1.35 bits per heavy atom. The van der Waals surface area contributed by atoms with Crippen LogP contribution in [0.4, 0.5) is 5.13 Å². The molecule has 5 nitrogen and oxygen atoms in total. The van der Waals surface area contributed by atoms with Crippen LogP contribution in [0, 0.1) is 0 Å². The quantitative estimate of drug-likeness (QED) is 0.637. The van der Waals surface area contributed by atoms with Crippen LogP contribution in [-0.2, 0) is 4.74 Å². The standard InChI is InChI=1S/C19H21N3O2S2/c1-12(2)15-11-25-17(20-15)18(23)22(10-13-6-5-9-24-13)19-21-14-7-3-4-8-16(14)26-19/h3-4,7-8,11-13H,5-6,9-10H2,1-2H3/t13-/m1/s1. The summed E-state index contributed by atoms with van der Waals surface area (Å²) in [5.41, 5.74) is 1.87. The van der Waals surface area contributed by atoms with E-state index in [1.165, 1.54) is 11.3 Å². The summed E-state index contributed by atoms with van der Waals surface area (Å²) in [6.45, 7) is 5.46. The lowest BCUT2D eigenvalue weighted by molar-refractivity contribution is 0.0917. The molecule has 3 aromatic rings. The molecule has 0 spiro atoms. The second-order valence-corrected chi connectivity index (χ2v) is 8.61. The lowest BCUT2D eigenvalue weighted by Crippen LogP contribution is -2.37. The highest BCUT2D eigenvalue weighted by Gasteiger charge is 2.28. The number of nitrogens with zero attached hydrogens (tertiary/aromatic N) is 3. The number of hydrogen-bond acceptors (Lipinski definition) is 6. The third kappa shape index (κ3) is 3.51. The zero-order chi connectivity index (χ0) is 18.1. The summed E-state index contributed by atoms with van der Waals surface area (Å²) in [6.07, 6.45) is 2.08. The maximum Gasteiger partial charge on any atom is 0.289 e. The van der Waals surface area contributed by atoms with Crippen molar-refractivity contribution in [3.63, 3.8) is 0 Å². The molecule has 1 saturated heterocycles. The molecule has 1 fully saturated rings. The number of rotatable bonds is 5. The van der Waals surface area contributed by atoms with Crippen molar-refractivity contribution in [1.82, 2.24) is 9.97 Å². The smallest absolute Gasteiger partial charge is 0.289 e. The number of ether oxygens (including phenoxy) is 1. The fourth-order valence-electron chi connectivity index (χ4n) is 2.98. The number of para-hydroxylation sites is 1. The van der Waals surface area contributed by atoms with Crippen LogP contribution in [0.5, 0.6) is 0 Å². The number of amides is 1. The van der Waals surface area contributed by atoms with Crippen molar-refractivity contribution in [2.75, 3.05) is 18.1 Å². The highest BCUT2D eigenvalue weighted by atomic mass is 32.1. The zero-order valence-corrected chi connectivity index (χ0v) is 16.5. The fraction of sp³-hybridized carbons (Fsp3) is 0.421. The third-order valence-electron chi connectivity index (χ3n) is 4.47. The van der Waals surface area contributed by atoms with Crippen molar-refractivity contribution in [1.29, 1.82) is 0 Å². The molecule has 0 bridgehead atoms. The Morgan fingerprint density at radius 3 is 2.88 bits per heavy atom. The van der Waals surface area contributed by atoms with E-state index in [1.807, 2.05) is 29.6 Å². The van der Waals surface area contributed by atoms with E-state index in [-0.39, 0.29) is 12.0 Å². The maximum atomic E-state index is 13.2. The number of carbonyl (C=O) groups is 1. The third-order valence-corrected chi connectivity index (χ3v) is 6.37. The summed E-state index contributed by atoms with van der Waals surface area (Å²) in [7, 11) is 0. The van der Waals surface area contributed by atoms with Crippen LogP contribution in [0.15, 0.2) is 29.6 Å². The van der Waals surface area contributed by atoms with Gasteiger partial charge in [0.1, 0.15) is 0 Å². The molecule has 1 aliphatic rings. The Balaban J connectivity index is 1.67. The molecule has 1 amide bonds. The topological polar surface area (TPSA) is 55.3 Å². The molecule has 0 radical (unpaired) electrons. The average molecular weight is 388 g/mol. The first-order chi connectivity index (χ1) is 12.6. The van der Waals surface area contributed by atoms with Crippen LogP contribution < -0.4 is 4.90 Å². The van der Waals surface area contributed by atoms with Crippen LogP contribution >= 0.6 is 22.7 Å². The first kappa shape index (κ1) is 17.6. The van der Waals surface area contributed by atoms with Crippen LogP contribution in [0.3, 0.4) is 0 Å². The number of thiazole rings is 2. The molecule has 1 aliphatic heterocycles. The zero-order valence-electron chi connectivity index (χ0n) is 14.8. The van der Waals surface area contributed by atoms with Crippen LogP contribution in [0.1, 0.15) is 48.1 Å². The summed E-state index contributed by atoms with van der Waals surface area (Å²) >= 11 is 2.95. The molecule has 1 atom stereocenters. The van der Waals surface area contributed by atoms with Gasteiger partial charge in [0.15, 0.2) is 10.1 Å². The molecule has 7 heteroatoms. The van der Waals surface area contributed by atoms with Gasteiger partial charge in [0, 0.05) is 12.0 Å². The van der Waals surface area contributed by atoms with Crippen molar-refractivity contribution in [2.45, 2.75) is 38.7 Å². The monoisotopic (exact) mass is 387 g/mol. The summed E-state index contributed by atoms with van der Waals surface area (Å²) in [5, 5.41) is 3.21. The molecule has 0 N–H and O–H groups in total. The number of anilines is 1. The van der Waals surface area contributed by atoms with E-state index in [2.05, 4.69) is 23.8 Å². The van der Waals surface area contributed by atoms with Gasteiger partial charge in [0.05, 0.1) is 28.6 Å². The minimum absolute atomic E-state index is 0.0653. The number of carbonyl (C=O) groups excluding carboxylic acids is 1. The van der Waals surface area contributed by atoms with Gasteiger partial charge in [0.2, 0.25) is 0 Å². The van der Waals surface area contributed by atoms with Crippen molar-refractivity contribution >= 4 is 43.9 Å². The number of hydrogen-bond donors (Lipinski definition) is 0. The Kier molecular flexibility index (Phi) is 5.02. The van der Waals surface area contributed by atoms with Gasteiger partial charge in [-0.05, 0) is 30.9 Å². The van der Waals surface area contributed by atoms with E-state index in [9.17, 15) is 4.79 Å². The molecule has 4 rings (SSSR count). The van der Waals surface area contributed by atoms with Crippen LogP contribution in [-0.4, -0.2) is 35.1 Å². The van der Waals surface area contributed by atoms with Gasteiger partial charge in [-0.15, -0.1) is 11.3 Å². The lowest BCUT2D eigenvalue weighted by Gasteiger charge is -2.22. The second kappa shape index (κ2) is 7.42. The van der Waals surface area contributed by atoms with Crippen molar-refractivity contribution < 1.29 is 9.53 Å².